The molecule has 0 bridgehead atoms. The molecule has 0 aliphatic rings. The van der Waals surface area contributed by atoms with E-state index in [-0.39, 0.29) is 29.6 Å². The van der Waals surface area contributed by atoms with E-state index in [0.29, 0.717) is 19.7 Å². The summed E-state index contributed by atoms with van der Waals surface area (Å²) in [5, 5.41) is 14.9. The van der Waals surface area contributed by atoms with Crippen LogP contribution in [0.3, 0.4) is 0 Å². The number of anilines is 2. The van der Waals surface area contributed by atoms with Crippen LogP contribution in [0.4, 0.5) is 16.2 Å². The molecule has 0 saturated carbocycles. The van der Waals surface area contributed by atoms with E-state index < -0.39 is 12.0 Å². The fraction of sp³-hybridized carbons (Fsp3) is 0.409. The Balaban J connectivity index is 2.13. The van der Waals surface area contributed by atoms with Crippen molar-refractivity contribution in [2.45, 2.75) is 26.4 Å². The first-order valence-electron chi connectivity index (χ1n) is 10.0. The second-order valence-electron chi connectivity index (χ2n) is 6.92. The highest BCUT2D eigenvalue weighted by Gasteiger charge is 2.25. The molecular weight excluding hydrogens is 398 g/mol. The molecule has 9 heteroatoms. The lowest BCUT2D eigenvalue weighted by Gasteiger charge is -2.27. The van der Waals surface area contributed by atoms with E-state index in [0.717, 1.165) is 5.69 Å². The number of hydrogen-bond donors (Lipinski definition) is 2. The molecule has 1 aromatic heterocycles. The smallest absolute Gasteiger partial charge is 0.357 e. The Kier molecular flexibility index (Phi) is 8.91. The molecule has 166 valence electrons. The summed E-state index contributed by atoms with van der Waals surface area (Å²) in [5.74, 6) is -0.618. The molecule has 1 atom stereocenters. The average molecular weight is 428 g/mol. The van der Waals surface area contributed by atoms with E-state index in [1.165, 1.54) is 6.20 Å². The monoisotopic (exact) mass is 427 g/mol. The van der Waals surface area contributed by atoms with Crippen molar-refractivity contribution in [1.82, 2.24) is 9.88 Å². The molecule has 9 nitrogen and oxygen atoms in total. The number of nitriles is 1. The van der Waals surface area contributed by atoms with Crippen molar-refractivity contribution >= 4 is 23.4 Å². The van der Waals surface area contributed by atoms with Crippen molar-refractivity contribution in [3.63, 3.8) is 0 Å². The van der Waals surface area contributed by atoms with Crippen LogP contribution in [0.25, 0.3) is 0 Å². The van der Waals surface area contributed by atoms with Gasteiger partial charge in [-0.3, -0.25) is 0 Å². The highest BCUT2D eigenvalue weighted by Crippen LogP contribution is 2.24. The van der Waals surface area contributed by atoms with Gasteiger partial charge in [-0.1, -0.05) is 18.2 Å². The maximum Gasteiger partial charge on any atom is 0.357 e. The van der Waals surface area contributed by atoms with Crippen LogP contribution in [-0.4, -0.2) is 56.5 Å². The Bertz CT molecular complexity index is 920. The highest BCUT2D eigenvalue weighted by atomic mass is 16.5. The number of esters is 1. The van der Waals surface area contributed by atoms with Gasteiger partial charge in [0.25, 0.3) is 0 Å². The zero-order chi connectivity index (χ0) is 22.8. The van der Waals surface area contributed by atoms with E-state index in [2.05, 4.69) is 10.6 Å². The summed E-state index contributed by atoms with van der Waals surface area (Å²) in [6, 6.07) is 11.3. The van der Waals surface area contributed by atoms with Crippen LogP contribution in [0.2, 0.25) is 0 Å². The van der Waals surface area contributed by atoms with Gasteiger partial charge in [0.2, 0.25) is 0 Å². The molecule has 31 heavy (non-hydrogen) atoms. The molecule has 2 amide bonds. The van der Waals surface area contributed by atoms with Gasteiger partial charge in [0.15, 0.2) is 5.69 Å². The predicted molar refractivity (Wildman–Crippen MR) is 118 cm³/mol. The first-order chi connectivity index (χ1) is 14.9. The molecule has 0 aliphatic carbocycles. The maximum atomic E-state index is 12.6. The van der Waals surface area contributed by atoms with Gasteiger partial charge in [0, 0.05) is 45.2 Å². The number of ether oxygens (including phenoxy) is 2. The lowest BCUT2D eigenvalue weighted by molar-refractivity contribution is 0.0513. The number of carbonyl (C=O) groups is 2. The van der Waals surface area contributed by atoms with E-state index >= 15 is 0 Å². The minimum absolute atomic E-state index is 0.0133. The molecule has 2 rings (SSSR count). The summed E-state index contributed by atoms with van der Waals surface area (Å²) >= 11 is 0. The lowest BCUT2D eigenvalue weighted by Crippen LogP contribution is -2.42. The predicted octanol–water partition coefficient (Wildman–Crippen LogP) is 2.83. The summed E-state index contributed by atoms with van der Waals surface area (Å²) in [7, 11) is 3.49. The number of hydrogen-bond acceptors (Lipinski definition) is 6. The number of rotatable bonds is 10. The number of likely N-dealkylation sites (N-methyl/N-ethyl adjacent to an activating group) is 1. The van der Waals surface area contributed by atoms with Gasteiger partial charge in [0.05, 0.1) is 24.5 Å². The van der Waals surface area contributed by atoms with Gasteiger partial charge in [-0.15, -0.1) is 0 Å². The minimum atomic E-state index is -0.618. The number of nitrogens with one attached hydrogen (secondary N) is 2. The van der Waals surface area contributed by atoms with E-state index in [4.69, 9.17) is 9.47 Å². The van der Waals surface area contributed by atoms with Gasteiger partial charge in [-0.25, -0.2) is 9.59 Å². The molecule has 2 aromatic rings. The summed E-state index contributed by atoms with van der Waals surface area (Å²) in [5.41, 5.74) is 1.44. The molecule has 1 heterocycles. The van der Waals surface area contributed by atoms with Crippen molar-refractivity contribution in [2.24, 2.45) is 0 Å². The summed E-state index contributed by atoms with van der Waals surface area (Å²) in [6.45, 7) is 4.88. The summed E-state index contributed by atoms with van der Waals surface area (Å²) < 4.78 is 11.7. The fourth-order valence-corrected chi connectivity index (χ4v) is 3.00. The van der Waals surface area contributed by atoms with E-state index in [9.17, 15) is 14.9 Å². The van der Waals surface area contributed by atoms with Gasteiger partial charge >= 0.3 is 12.0 Å². The zero-order valence-corrected chi connectivity index (χ0v) is 18.3. The fourth-order valence-electron chi connectivity index (χ4n) is 3.00. The van der Waals surface area contributed by atoms with Gasteiger partial charge in [-0.05, 0) is 26.0 Å². The molecule has 0 radical (unpaired) electrons. The number of methoxy groups -OCH3 is 1. The molecule has 0 saturated heterocycles. The zero-order valence-electron chi connectivity index (χ0n) is 18.3. The third-order valence-corrected chi connectivity index (χ3v) is 4.83. The Morgan fingerprint density at radius 2 is 2.00 bits per heavy atom. The van der Waals surface area contributed by atoms with Gasteiger partial charge < -0.3 is 29.6 Å². The number of para-hydroxylation sites is 1. The third kappa shape index (κ3) is 6.23. The molecule has 1 aromatic carbocycles. The first-order valence-corrected chi connectivity index (χ1v) is 10.0. The molecule has 2 N–H and O–H groups in total. The van der Waals surface area contributed by atoms with E-state index in [1.54, 1.807) is 18.6 Å². The van der Waals surface area contributed by atoms with E-state index in [1.807, 2.05) is 55.3 Å². The quantitative estimate of drug-likeness (QED) is 0.565. The normalized spacial score (nSPS) is 11.3. The number of nitrogens with zero attached hydrogens (tertiary/aromatic N) is 3. The van der Waals surface area contributed by atoms with Crippen molar-refractivity contribution in [1.29, 1.82) is 5.26 Å². The summed E-state index contributed by atoms with van der Waals surface area (Å²) in [4.78, 5) is 27.1. The molecule has 0 fully saturated rings. The second kappa shape index (κ2) is 11.6. The summed E-state index contributed by atoms with van der Waals surface area (Å²) in [6.07, 6.45) is 1.51. The second-order valence-corrected chi connectivity index (χ2v) is 6.92. The van der Waals surface area contributed by atoms with Crippen molar-refractivity contribution in [3.05, 3.63) is 47.8 Å². The largest absolute Gasteiger partial charge is 0.461 e. The van der Waals surface area contributed by atoms with Crippen LogP contribution in [0.1, 0.15) is 29.9 Å². The Morgan fingerprint density at radius 3 is 2.61 bits per heavy atom. The maximum absolute atomic E-state index is 12.6. The number of urea groups is 1. The minimum Gasteiger partial charge on any atom is -0.461 e. The van der Waals surface area contributed by atoms with Crippen molar-refractivity contribution in [3.8, 4) is 6.07 Å². The van der Waals surface area contributed by atoms with Crippen LogP contribution < -0.4 is 15.5 Å². The molecule has 0 unspecified atom stereocenters. The topological polar surface area (TPSA) is 109 Å². The standard InChI is InChI=1S/C22H29N5O4/c1-5-31-21(28)20-19(17(13-23)15-27(20)11-12-30-4)25-22(29)24-14-16(2)26(3)18-9-7-6-8-10-18/h6-10,15-16H,5,11-12,14H2,1-4H3,(H2,24,25,29)/t16-/m0/s1. The highest BCUT2D eigenvalue weighted by molar-refractivity contribution is 6.01. The van der Waals surface area contributed by atoms with Crippen LogP contribution in [0.15, 0.2) is 36.5 Å². The van der Waals surface area contributed by atoms with Gasteiger partial charge in [-0.2, -0.15) is 5.26 Å². The molecular formula is C22H29N5O4. The number of aromatic nitrogens is 1. The Hall–Kier alpha value is -3.51. The number of benzene rings is 1. The lowest BCUT2D eigenvalue weighted by atomic mass is 10.2. The SMILES string of the molecule is CCOC(=O)c1c(NC(=O)NC[C@H](C)N(C)c2ccccc2)c(C#N)cn1CCOC. The Labute approximate surface area is 182 Å². The third-order valence-electron chi connectivity index (χ3n) is 4.83. The molecule has 0 spiro atoms. The van der Waals surface area contributed by atoms with Crippen LogP contribution >= 0.6 is 0 Å². The molecule has 0 aliphatic heterocycles. The van der Waals surface area contributed by atoms with Crippen LogP contribution in [0, 0.1) is 11.3 Å². The Morgan fingerprint density at radius 1 is 1.29 bits per heavy atom. The number of carbonyl (C=O) groups excluding carboxylic acids is 2. The van der Waals surface area contributed by atoms with Crippen molar-refractivity contribution < 1.29 is 19.1 Å². The first kappa shape index (κ1) is 23.8. The van der Waals surface area contributed by atoms with Crippen LogP contribution in [0.5, 0.6) is 0 Å². The van der Waals surface area contributed by atoms with Crippen molar-refractivity contribution in [2.75, 3.05) is 44.1 Å². The van der Waals surface area contributed by atoms with Crippen LogP contribution in [-0.2, 0) is 16.0 Å². The average Bonchev–Trinajstić information content (AvgIpc) is 3.13. The van der Waals surface area contributed by atoms with Gasteiger partial charge in [0.1, 0.15) is 6.07 Å². The number of amides is 2.